The van der Waals surface area contributed by atoms with E-state index < -0.39 is 0 Å². The molecule has 3 radical (unpaired) electrons. The maximum atomic E-state index is 4.63. The molecule has 15 heteroatoms. The number of aryl methyl sites for hydroxylation is 8. The third-order valence-electron chi connectivity index (χ3n) is 20.2. The van der Waals surface area contributed by atoms with Gasteiger partial charge in [0, 0.05) is 143 Å². The molecule has 0 saturated heterocycles. The molecule has 107 heavy (non-hydrogen) atoms. The van der Waals surface area contributed by atoms with Crippen molar-refractivity contribution in [1.29, 1.82) is 0 Å². The predicted octanol–water partition coefficient (Wildman–Crippen LogP) is 22.2. The molecule has 12 aromatic carbocycles. The first-order valence-corrected chi connectivity index (χ1v) is 35.7. The monoisotopic (exact) mass is 1930 g/mol. The zero-order valence-corrected chi connectivity index (χ0v) is 68.9. The number of fused-ring (bicyclic) bond motifs is 9. The maximum absolute atomic E-state index is 4.63. The number of rotatable bonds is 11. The van der Waals surface area contributed by atoms with Gasteiger partial charge in [-0.2, -0.15) is 15.3 Å². The van der Waals surface area contributed by atoms with Crippen LogP contribution in [-0.2, 0) is 60.3 Å². The summed E-state index contributed by atoms with van der Waals surface area (Å²) in [6.07, 6.45) is 0. The van der Waals surface area contributed by atoms with Crippen LogP contribution in [0.5, 0.6) is 0 Å². The molecule has 0 N–H and O–H groups in total. The van der Waals surface area contributed by atoms with Crippen molar-refractivity contribution in [3.05, 3.63) is 323 Å². The van der Waals surface area contributed by atoms with Crippen molar-refractivity contribution in [3.63, 3.8) is 0 Å². The van der Waals surface area contributed by atoms with E-state index in [-0.39, 0.29) is 60.3 Å². The van der Waals surface area contributed by atoms with Gasteiger partial charge in [0.15, 0.2) is 0 Å². The van der Waals surface area contributed by atoms with Gasteiger partial charge in [0.2, 0.25) is 0 Å². The molecule has 0 unspecified atom stereocenters. The van der Waals surface area contributed by atoms with Crippen molar-refractivity contribution < 1.29 is 60.3 Å². The number of nitrogens with zero attached hydrogens (tertiary/aromatic N) is 12. The van der Waals surface area contributed by atoms with Crippen LogP contribution in [-0.4, -0.2) is 58.0 Å². The van der Waals surface area contributed by atoms with E-state index in [1.54, 1.807) is 0 Å². The molecule has 0 atom stereocenters. The first-order valence-electron chi connectivity index (χ1n) is 35.7. The Morgan fingerprint density at radius 1 is 0.262 bits per heavy atom. The van der Waals surface area contributed by atoms with Crippen molar-refractivity contribution in [3.8, 4) is 68.3 Å². The molecule has 0 amide bonds. The fraction of sp³-hybridized carbons (Fsp3) is 0.152. The topological polar surface area (TPSA) is 107 Å². The van der Waals surface area contributed by atoms with Crippen molar-refractivity contribution in [2.24, 2.45) is 0 Å². The van der Waals surface area contributed by atoms with Gasteiger partial charge in [-0.05, 0) is 154 Å². The molecule has 0 aliphatic rings. The Balaban J connectivity index is 0.000000140. The van der Waals surface area contributed by atoms with Crippen molar-refractivity contribution in [2.75, 3.05) is 0 Å². The Hall–Kier alpha value is -10.6. The van der Waals surface area contributed by atoms with Gasteiger partial charge in [-0.1, -0.05) is 191 Å². The number of hydrogen-bond donors (Lipinski definition) is 0. The van der Waals surface area contributed by atoms with Gasteiger partial charge in [-0.3, -0.25) is 0 Å². The summed E-state index contributed by atoms with van der Waals surface area (Å²) in [6.45, 7) is 25.7. The summed E-state index contributed by atoms with van der Waals surface area (Å²) >= 11 is 0. The molecular weight excluding hydrogens is 1850 g/mol. The van der Waals surface area contributed by atoms with Crippen molar-refractivity contribution in [1.82, 2.24) is 58.0 Å². The van der Waals surface area contributed by atoms with E-state index in [1.807, 2.05) is 26.8 Å². The minimum atomic E-state index is 0. The summed E-state index contributed by atoms with van der Waals surface area (Å²) in [6, 6.07) is 98.1. The van der Waals surface area contributed by atoms with Gasteiger partial charge >= 0.3 is 0 Å². The number of para-hydroxylation sites is 8. The molecular formula is C92H79Ir3N12-3. The van der Waals surface area contributed by atoms with E-state index in [2.05, 4.69) is 381 Å². The Labute approximate surface area is 664 Å². The zero-order chi connectivity index (χ0) is 71.6. The quantitative estimate of drug-likeness (QED) is 0.119. The molecule has 0 fully saturated rings. The third-order valence-corrected chi connectivity index (χ3v) is 20.2. The van der Waals surface area contributed by atoms with Crippen molar-refractivity contribution >= 4 is 65.4 Å². The van der Waals surface area contributed by atoms with Crippen molar-refractivity contribution in [2.45, 2.75) is 94.9 Å². The summed E-state index contributed by atoms with van der Waals surface area (Å²) in [5.74, 6) is 5.80. The summed E-state index contributed by atoms with van der Waals surface area (Å²) in [4.78, 5) is 0. The third kappa shape index (κ3) is 13.5. The Kier molecular flexibility index (Phi) is 21.7. The Morgan fingerprint density at radius 2 is 0.523 bits per heavy atom. The molecule has 0 aliphatic heterocycles. The van der Waals surface area contributed by atoms with Gasteiger partial charge in [-0.15, -0.1) is 105 Å². The predicted molar refractivity (Wildman–Crippen MR) is 426 cm³/mol. The average molecular weight is 1930 g/mol. The molecule has 18 aromatic rings. The second-order valence-electron chi connectivity index (χ2n) is 27.8. The molecule has 537 valence electrons. The fourth-order valence-corrected chi connectivity index (χ4v) is 15.6. The summed E-state index contributed by atoms with van der Waals surface area (Å²) in [5, 5.41) is 34.5. The van der Waals surface area contributed by atoms with E-state index in [0.717, 1.165) is 80.1 Å². The van der Waals surface area contributed by atoms with Crippen LogP contribution >= 0.6 is 0 Å². The fourth-order valence-electron chi connectivity index (χ4n) is 15.6. The van der Waals surface area contributed by atoms with Crippen LogP contribution in [0, 0.1) is 73.6 Å². The number of hydrogen-bond acceptors (Lipinski definition) is 6. The van der Waals surface area contributed by atoms with E-state index in [9.17, 15) is 0 Å². The number of aromatic nitrogens is 12. The molecule has 0 bridgehead atoms. The van der Waals surface area contributed by atoms with Crippen LogP contribution in [0.15, 0.2) is 249 Å². The van der Waals surface area contributed by atoms with Gasteiger partial charge in [0.05, 0.1) is 17.5 Å². The van der Waals surface area contributed by atoms with Gasteiger partial charge in [0.1, 0.15) is 17.5 Å². The van der Waals surface area contributed by atoms with Gasteiger partial charge in [0.25, 0.3) is 0 Å². The molecule has 0 saturated carbocycles. The SMILES string of the molecule is Cc1cc(C)c(-n2c(C)nnc2-c2[c-]cc(-n3c4ccccc4c4ccccc43)cc2)c(C)c1.Cc1cccc(C)c1-n1c(C)nnc1-c1[c-]cc(-n2c3ccccc3c3ccccc32)cc1.Cc1nnc(-c2[c-]cc(-n3c4ccccc4c4ccccc43)cc2)n1-c1c(C(C)C)cccc1C(C)C.[Ir].[Ir].[Ir]. The molecule has 0 spiro atoms. The number of benzene rings is 12. The van der Waals surface area contributed by atoms with E-state index >= 15 is 0 Å². The first-order chi connectivity index (χ1) is 50.6. The van der Waals surface area contributed by atoms with Crippen LogP contribution in [0.4, 0.5) is 0 Å². The molecule has 6 aromatic heterocycles. The normalized spacial score (nSPS) is 11.3. The summed E-state index contributed by atoms with van der Waals surface area (Å²) in [5.41, 5.74) is 25.3. The average Bonchev–Trinajstić information content (AvgIpc) is 1.60. The maximum Gasteiger partial charge on any atom is 0.125 e. The summed E-state index contributed by atoms with van der Waals surface area (Å²) < 4.78 is 13.4. The van der Waals surface area contributed by atoms with Crippen LogP contribution in [0.2, 0.25) is 0 Å². The van der Waals surface area contributed by atoms with Gasteiger partial charge in [-0.25, -0.2) is 0 Å². The van der Waals surface area contributed by atoms with Crippen LogP contribution in [0.25, 0.3) is 134 Å². The zero-order valence-electron chi connectivity index (χ0n) is 61.7. The minimum Gasteiger partial charge on any atom is -0.351 e. The largest absolute Gasteiger partial charge is 0.351 e. The van der Waals surface area contributed by atoms with E-state index in [4.69, 9.17) is 0 Å². The van der Waals surface area contributed by atoms with Gasteiger partial charge < -0.3 is 27.4 Å². The second kappa shape index (κ2) is 31.1. The van der Waals surface area contributed by atoms with Crippen LogP contribution < -0.4 is 0 Å². The first kappa shape index (κ1) is 74.7. The standard InChI is InChI=1S/C33H31N4.C30H25N4.C29H23N4.3Ir/c1-21(2)26-13-10-14-27(22(3)4)32(26)36-23(5)34-35-33(36)24-17-19-25(20-18-24)37-30-15-8-6-11-28(30)29-12-7-9-16-31(29)37;1-19-17-20(2)29(21(3)18-19)33-22(4)31-32-30(33)23-13-15-24(16-14-23)34-27-11-7-5-9-25(27)26-10-6-8-12-28(26)34;1-19-9-8-10-20(2)28(19)32-21(3)30-31-29(32)22-15-17-23(18-16-22)33-26-13-6-4-11-24(26)25-12-5-7-14-27(25)33;;;/h6-17,19-22H,1-5H3;5-13,15-18H,1-4H3;4-15,17-18H,1-3H3;;;/q3*-1;;;. The molecule has 6 heterocycles. The molecule has 18 rings (SSSR count). The Morgan fingerprint density at radius 3 is 0.794 bits per heavy atom. The van der Waals surface area contributed by atoms with Crippen LogP contribution in [0.3, 0.4) is 0 Å². The van der Waals surface area contributed by atoms with E-state index in [1.165, 1.54) is 110 Å². The molecule has 0 aliphatic carbocycles. The molecule has 12 nitrogen and oxygen atoms in total. The van der Waals surface area contributed by atoms with E-state index in [0.29, 0.717) is 11.8 Å². The summed E-state index contributed by atoms with van der Waals surface area (Å²) in [7, 11) is 0. The Bertz CT molecular complexity index is 6050. The van der Waals surface area contributed by atoms with Crippen LogP contribution in [0.1, 0.15) is 95.9 Å². The minimum absolute atomic E-state index is 0. The smallest absolute Gasteiger partial charge is 0.125 e. The second-order valence-corrected chi connectivity index (χ2v) is 27.8.